The third-order valence-corrected chi connectivity index (χ3v) is 4.36. The number of aromatic nitrogens is 2. The van der Waals surface area contributed by atoms with E-state index in [9.17, 15) is 0 Å². The lowest BCUT2D eigenvalue weighted by Crippen LogP contribution is -2.17. The highest BCUT2D eigenvalue weighted by Crippen LogP contribution is 2.28. The maximum absolute atomic E-state index is 4.84. The van der Waals surface area contributed by atoms with Crippen LogP contribution in [0.25, 0.3) is 17.3 Å². The first-order valence-electron chi connectivity index (χ1n) is 8.00. The molecular formula is C20H26N2. The number of hydrogen-bond donors (Lipinski definition) is 0. The zero-order valence-corrected chi connectivity index (χ0v) is 13.9. The summed E-state index contributed by atoms with van der Waals surface area (Å²) in [6, 6.07) is 8.85. The average molecular weight is 294 g/mol. The predicted molar refractivity (Wildman–Crippen MR) is 95.8 cm³/mol. The third kappa shape index (κ3) is 3.38. The monoisotopic (exact) mass is 294 g/mol. The Morgan fingerprint density at radius 1 is 1.27 bits per heavy atom. The van der Waals surface area contributed by atoms with Crippen LogP contribution in [0.2, 0.25) is 0 Å². The first-order valence-corrected chi connectivity index (χ1v) is 8.00. The standard InChI is InChI=1S/C20H26N2/c1-6-9-20(16(5)7-2)22-13-12-19(21-22)18-14-15(4)10-11-17(18)8-3/h6,8,10-14,16,20H,1,3,7,9H2,2,4-5H3. The maximum atomic E-state index is 4.84. The highest BCUT2D eigenvalue weighted by atomic mass is 15.3. The molecule has 0 N–H and O–H groups in total. The van der Waals surface area contributed by atoms with E-state index in [4.69, 9.17) is 5.10 Å². The third-order valence-electron chi connectivity index (χ3n) is 4.36. The van der Waals surface area contributed by atoms with Crippen LogP contribution in [-0.4, -0.2) is 9.78 Å². The lowest BCUT2D eigenvalue weighted by atomic mass is 9.97. The molecule has 2 unspecified atom stereocenters. The minimum absolute atomic E-state index is 0.369. The molecule has 1 heterocycles. The molecule has 0 bridgehead atoms. The molecule has 22 heavy (non-hydrogen) atoms. The number of hydrogen-bond acceptors (Lipinski definition) is 1. The van der Waals surface area contributed by atoms with Gasteiger partial charge in [0.15, 0.2) is 0 Å². The molecule has 2 atom stereocenters. The summed E-state index contributed by atoms with van der Waals surface area (Å²) in [7, 11) is 0. The zero-order chi connectivity index (χ0) is 16.1. The summed E-state index contributed by atoms with van der Waals surface area (Å²) in [5.74, 6) is 0.571. The lowest BCUT2D eigenvalue weighted by Gasteiger charge is -2.22. The molecule has 1 aromatic carbocycles. The van der Waals surface area contributed by atoms with E-state index in [1.54, 1.807) is 0 Å². The average Bonchev–Trinajstić information content (AvgIpc) is 3.01. The Labute approximate surface area is 134 Å². The Kier molecular flexibility index (Phi) is 5.37. The van der Waals surface area contributed by atoms with Gasteiger partial charge in [-0.3, -0.25) is 4.68 Å². The fraction of sp³-hybridized carbons (Fsp3) is 0.350. The van der Waals surface area contributed by atoms with Crippen LogP contribution in [0.5, 0.6) is 0 Å². The van der Waals surface area contributed by atoms with Gasteiger partial charge in [-0.1, -0.05) is 56.7 Å². The van der Waals surface area contributed by atoms with Crippen molar-refractivity contribution in [3.8, 4) is 11.3 Å². The molecule has 0 aliphatic heterocycles. The van der Waals surface area contributed by atoms with Crippen molar-refractivity contribution >= 4 is 6.08 Å². The largest absolute Gasteiger partial charge is 0.268 e. The van der Waals surface area contributed by atoms with Crippen LogP contribution in [0.3, 0.4) is 0 Å². The SMILES string of the molecule is C=CCC(C(C)CC)n1ccc(-c2cc(C)ccc2C=C)n1. The molecule has 0 aliphatic rings. The second kappa shape index (κ2) is 7.26. The fourth-order valence-corrected chi connectivity index (χ4v) is 2.78. The van der Waals surface area contributed by atoms with Gasteiger partial charge in [0.25, 0.3) is 0 Å². The van der Waals surface area contributed by atoms with Crippen molar-refractivity contribution in [1.82, 2.24) is 9.78 Å². The number of allylic oxidation sites excluding steroid dienone is 1. The Bertz CT molecular complexity index is 651. The van der Waals surface area contributed by atoms with Crippen LogP contribution >= 0.6 is 0 Å². The minimum atomic E-state index is 0.369. The topological polar surface area (TPSA) is 17.8 Å². The molecule has 0 saturated heterocycles. The van der Waals surface area contributed by atoms with Crippen molar-refractivity contribution < 1.29 is 0 Å². The van der Waals surface area contributed by atoms with Crippen molar-refractivity contribution in [3.05, 3.63) is 60.8 Å². The number of rotatable bonds is 7. The second-order valence-corrected chi connectivity index (χ2v) is 5.95. The van der Waals surface area contributed by atoms with Gasteiger partial charge in [-0.25, -0.2) is 0 Å². The van der Waals surface area contributed by atoms with Crippen LogP contribution in [0.1, 0.15) is 43.9 Å². The molecule has 1 aromatic heterocycles. The molecule has 2 heteroatoms. The first-order chi connectivity index (χ1) is 10.6. The molecule has 2 aromatic rings. The summed E-state index contributed by atoms with van der Waals surface area (Å²) in [6.45, 7) is 14.4. The molecule has 2 nitrogen and oxygen atoms in total. The Morgan fingerprint density at radius 2 is 2.05 bits per heavy atom. The first kappa shape index (κ1) is 16.3. The maximum Gasteiger partial charge on any atom is 0.0929 e. The van der Waals surface area contributed by atoms with Crippen LogP contribution in [0.4, 0.5) is 0 Å². The lowest BCUT2D eigenvalue weighted by molar-refractivity contribution is 0.321. The molecule has 0 amide bonds. The van der Waals surface area contributed by atoms with Crippen molar-refractivity contribution in [3.63, 3.8) is 0 Å². The van der Waals surface area contributed by atoms with Crippen molar-refractivity contribution in [2.24, 2.45) is 5.92 Å². The molecule has 0 spiro atoms. The number of aryl methyl sites for hydroxylation is 1. The van der Waals surface area contributed by atoms with Gasteiger partial charge >= 0.3 is 0 Å². The van der Waals surface area contributed by atoms with E-state index < -0.39 is 0 Å². The minimum Gasteiger partial charge on any atom is -0.268 e. The molecule has 0 aliphatic carbocycles. The fourth-order valence-electron chi connectivity index (χ4n) is 2.78. The van der Waals surface area contributed by atoms with Gasteiger partial charge in [0.05, 0.1) is 11.7 Å². The van der Waals surface area contributed by atoms with E-state index in [1.807, 2.05) is 12.2 Å². The van der Waals surface area contributed by atoms with E-state index in [-0.39, 0.29) is 0 Å². The highest BCUT2D eigenvalue weighted by molar-refractivity contribution is 5.72. The van der Waals surface area contributed by atoms with Gasteiger partial charge in [0.1, 0.15) is 0 Å². The number of nitrogens with zero attached hydrogens (tertiary/aromatic N) is 2. The Balaban J connectivity index is 2.40. The summed E-state index contributed by atoms with van der Waals surface area (Å²) >= 11 is 0. The van der Waals surface area contributed by atoms with E-state index in [1.165, 1.54) is 5.56 Å². The summed E-state index contributed by atoms with van der Waals surface area (Å²) in [4.78, 5) is 0. The van der Waals surface area contributed by atoms with Crippen LogP contribution < -0.4 is 0 Å². The van der Waals surface area contributed by atoms with Crippen molar-refractivity contribution in [2.75, 3.05) is 0 Å². The quantitative estimate of drug-likeness (QED) is 0.602. The van der Waals surface area contributed by atoms with Crippen LogP contribution in [0, 0.1) is 12.8 Å². The summed E-state index contributed by atoms with van der Waals surface area (Å²) in [5.41, 5.74) is 4.52. The van der Waals surface area contributed by atoms with E-state index >= 15 is 0 Å². The molecule has 0 radical (unpaired) electrons. The van der Waals surface area contributed by atoms with Crippen LogP contribution in [0.15, 0.2) is 49.7 Å². The van der Waals surface area contributed by atoms with Gasteiger partial charge in [0.2, 0.25) is 0 Å². The Hall–Kier alpha value is -2.09. The van der Waals surface area contributed by atoms with Crippen molar-refractivity contribution in [1.29, 1.82) is 0 Å². The Morgan fingerprint density at radius 3 is 2.68 bits per heavy atom. The summed E-state index contributed by atoms with van der Waals surface area (Å²) < 4.78 is 2.10. The van der Waals surface area contributed by atoms with Gasteiger partial charge in [-0.15, -0.1) is 6.58 Å². The van der Waals surface area contributed by atoms with Crippen LogP contribution in [-0.2, 0) is 0 Å². The van der Waals surface area contributed by atoms with E-state index in [0.29, 0.717) is 12.0 Å². The van der Waals surface area contributed by atoms with E-state index in [0.717, 1.165) is 29.7 Å². The molecular weight excluding hydrogens is 268 g/mol. The molecule has 0 saturated carbocycles. The van der Waals surface area contributed by atoms with Gasteiger partial charge in [-0.05, 0) is 37.0 Å². The highest BCUT2D eigenvalue weighted by Gasteiger charge is 2.18. The molecule has 116 valence electrons. The van der Waals surface area contributed by atoms with Gasteiger partial charge in [-0.2, -0.15) is 5.10 Å². The smallest absolute Gasteiger partial charge is 0.0929 e. The normalized spacial score (nSPS) is 13.6. The molecule has 0 fully saturated rings. The van der Waals surface area contributed by atoms with Gasteiger partial charge < -0.3 is 0 Å². The predicted octanol–water partition coefficient (Wildman–Crippen LogP) is 5.66. The van der Waals surface area contributed by atoms with Gasteiger partial charge in [0, 0.05) is 11.8 Å². The van der Waals surface area contributed by atoms with Crippen molar-refractivity contribution in [2.45, 2.75) is 39.7 Å². The number of benzene rings is 1. The molecule has 2 rings (SSSR count). The van der Waals surface area contributed by atoms with E-state index in [2.05, 4.69) is 69.1 Å². The second-order valence-electron chi connectivity index (χ2n) is 5.95. The zero-order valence-electron chi connectivity index (χ0n) is 13.9. The summed E-state index contributed by atoms with van der Waals surface area (Å²) in [6.07, 6.45) is 8.04. The summed E-state index contributed by atoms with van der Waals surface area (Å²) in [5, 5.41) is 4.84.